The van der Waals surface area contributed by atoms with Crippen molar-refractivity contribution in [3.8, 4) is 12.1 Å². The molecule has 12 atom stereocenters. The number of rotatable bonds is 2. The zero-order chi connectivity index (χ0) is 14.6. The van der Waals surface area contributed by atoms with Crippen molar-refractivity contribution in [1.82, 2.24) is 0 Å². The lowest BCUT2D eigenvalue weighted by molar-refractivity contribution is 0.225. The quantitative estimate of drug-likeness (QED) is 0.729. The molecule has 6 rings (SSSR count). The summed E-state index contributed by atoms with van der Waals surface area (Å²) in [4.78, 5) is 0. The van der Waals surface area contributed by atoms with E-state index in [9.17, 15) is 10.5 Å². The topological polar surface area (TPSA) is 47.6 Å². The minimum Gasteiger partial charge on any atom is -0.198 e. The molecular formula is C20H22N2. The van der Waals surface area contributed by atoms with Gasteiger partial charge in [-0.3, -0.25) is 0 Å². The molecule has 0 radical (unpaired) electrons. The van der Waals surface area contributed by atoms with E-state index >= 15 is 0 Å². The first-order valence-corrected chi connectivity index (χ1v) is 9.27. The first-order chi connectivity index (χ1) is 10.8. The van der Waals surface area contributed by atoms with Gasteiger partial charge in [0.1, 0.15) is 0 Å². The first kappa shape index (κ1) is 12.2. The Hall–Kier alpha value is -1.28. The summed E-state index contributed by atoms with van der Waals surface area (Å²) >= 11 is 0. The van der Waals surface area contributed by atoms with Crippen LogP contribution in [0.5, 0.6) is 0 Å². The van der Waals surface area contributed by atoms with Crippen LogP contribution in [0.1, 0.15) is 25.7 Å². The highest BCUT2D eigenvalue weighted by molar-refractivity contribution is 5.31. The van der Waals surface area contributed by atoms with E-state index < -0.39 is 0 Å². The Labute approximate surface area is 132 Å². The van der Waals surface area contributed by atoms with Gasteiger partial charge in [-0.05, 0) is 83.9 Å². The van der Waals surface area contributed by atoms with E-state index in [2.05, 4.69) is 24.3 Å². The second kappa shape index (κ2) is 3.79. The van der Waals surface area contributed by atoms with E-state index in [1.165, 1.54) is 12.8 Å². The molecule has 0 N–H and O–H groups in total. The summed E-state index contributed by atoms with van der Waals surface area (Å²) in [7, 11) is 0. The van der Waals surface area contributed by atoms with E-state index in [-0.39, 0.29) is 0 Å². The van der Waals surface area contributed by atoms with Crippen molar-refractivity contribution in [3.63, 3.8) is 0 Å². The van der Waals surface area contributed by atoms with Gasteiger partial charge in [-0.2, -0.15) is 10.5 Å². The average molecular weight is 290 g/mol. The van der Waals surface area contributed by atoms with Crippen LogP contribution in [0.3, 0.4) is 0 Å². The summed E-state index contributed by atoms with van der Waals surface area (Å²) in [5.74, 6) is 10.2. The molecule has 0 aliphatic heterocycles. The van der Waals surface area contributed by atoms with Gasteiger partial charge in [0.25, 0.3) is 0 Å². The Morgan fingerprint density at radius 3 is 1.64 bits per heavy atom. The van der Waals surface area contributed by atoms with E-state index in [1.807, 2.05) is 0 Å². The fourth-order valence-corrected chi connectivity index (χ4v) is 9.17. The van der Waals surface area contributed by atoms with Gasteiger partial charge < -0.3 is 0 Å². The summed E-state index contributed by atoms with van der Waals surface area (Å²) in [6.07, 6.45) is 9.34. The van der Waals surface area contributed by atoms with Gasteiger partial charge in [0.2, 0.25) is 0 Å². The highest BCUT2D eigenvalue weighted by Gasteiger charge is 2.76. The molecule has 22 heavy (non-hydrogen) atoms. The smallest absolute Gasteiger partial charge is 0.0624 e. The molecule has 0 aromatic carbocycles. The largest absolute Gasteiger partial charge is 0.198 e. The highest BCUT2D eigenvalue weighted by atomic mass is 14.8. The summed E-state index contributed by atoms with van der Waals surface area (Å²) in [6.45, 7) is 0. The van der Waals surface area contributed by atoms with Crippen LogP contribution >= 0.6 is 0 Å². The van der Waals surface area contributed by atoms with Gasteiger partial charge in [0, 0.05) is 12.8 Å². The maximum Gasteiger partial charge on any atom is 0.0624 e. The van der Waals surface area contributed by atoms with E-state index in [0.29, 0.717) is 11.8 Å². The maximum atomic E-state index is 9.26. The summed E-state index contributed by atoms with van der Waals surface area (Å²) in [6, 6.07) is 4.98. The van der Waals surface area contributed by atoms with Crippen molar-refractivity contribution in [2.45, 2.75) is 25.7 Å². The molecule has 2 heteroatoms. The van der Waals surface area contributed by atoms with Crippen molar-refractivity contribution < 1.29 is 0 Å². The number of nitrogens with zero attached hydrogens (tertiary/aromatic N) is 2. The van der Waals surface area contributed by atoms with Gasteiger partial charge in [0.05, 0.1) is 12.1 Å². The molecule has 0 heterocycles. The fourth-order valence-electron chi connectivity index (χ4n) is 9.17. The van der Waals surface area contributed by atoms with E-state index in [4.69, 9.17) is 0 Å². The molecule has 0 aromatic rings. The summed E-state index contributed by atoms with van der Waals surface area (Å²) in [5.41, 5.74) is 0. The third kappa shape index (κ3) is 1.08. The maximum absolute atomic E-state index is 9.26. The minimum absolute atomic E-state index is 0.674. The molecule has 112 valence electrons. The van der Waals surface area contributed by atoms with Gasteiger partial charge in [-0.15, -0.1) is 0 Å². The van der Waals surface area contributed by atoms with Crippen molar-refractivity contribution >= 4 is 0 Å². The zero-order valence-corrected chi connectivity index (χ0v) is 12.8. The fraction of sp³-hybridized carbons (Fsp3) is 0.800. The van der Waals surface area contributed by atoms with Crippen molar-refractivity contribution in [2.24, 2.45) is 71.0 Å². The van der Waals surface area contributed by atoms with Crippen molar-refractivity contribution in [1.29, 1.82) is 10.5 Å². The molecule has 0 saturated heterocycles. The summed E-state index contributed by atoms with van der Waals surface area (Å²) < 4.78 is 0. The molecule has 0 aromatic heterocycles. The number of nitriles is 2. The van der Waals surface area contributed by atoms with Crippen LogP contribution in [-0.2, 0) is 0 Å². The minimum atomic E-state index is 0.674. The van der Waals surface area contributed by atoms with Crippen LogP contribution in [-0.4, -0.2) is 0 Å². The second-order valence-corrected chi connectivity index (χ2v) is 9.05. The molecule has 2 nitrogen and oxygen atoms in total. The summed E-state index contributed by atoms with van der Waals surface area (Å²) in [5, 5.41) is 18.5. The Kier molecular flexibility index (Phi) is 2.10. The zero-order valence-electron chi connectivity index (χ0n) is 12.8. The number of allylic oxidation sites excluding steroid dienone is 2. The molecular weight excluding hydrogens is 268 g/mol. The lowest BCUT2D eigenvalue weighted by atomic mass is 9.77. The lowest BCUT2D eigenvalue weighted by Crippen LogP contribution is -2.23. The molecule has 5 saturated carbocycles. The first-order valence-electron chi connectivity index (χ1n) is 9.27. The van der Waals surface area contributed by atoms with Crippen LogP contribution in [0, 0.1) is 93.7 Å². The Morgan fingerprint density at radius 2 is 1.18 bits per heavy atom. The molecule has 6 aliphatic carbocycles. The molecule has 0 bridgehead atoms. The van der Waals surface area contributed by atoms with Gasteiger partial charge >= 0.3 is 0 Å². The third-order valence-corrected chi connectivity index (χ3v) is 9.04. The predicted molar refractivity (Wildman–Crippen MR) is 80.7 cm³/mol. The van der Waals surface area contributed by atoms with Crippen LogP contribution in [0.15, 0.2) is 12.2 Å². The number of hydrogen-bond acceptors (Lipinski definition) is 2. The third-order valence-electron chi connectivity index (χ3n) is 9.04. The normalized spacial score (nSPS) is 64.1. The Balaban J connectivity index is 1.47. The highest BCUT2D eigenvalue weighted by Crippen LogP contribution is 2.80. The van der Waals surface area contributed by atoms with Crippen LogP contribution in [0.2, 0.25) is 0 Å². The standard InChI is InChI=1S/C20H22N2/c21-5-3-9-7-13-14-8-10(4-6-22)16-12-2-1-11-15(9)18(13)20(17(11)12)19(14)16/h1-2,9-20H,3-4,7-8H2/t9-,10+,11+,12-,13-,14+,15-,16+,17?,18-,19-,20?/m1/s1. The number of hydrogen-bond donors (Lipinski definition) is 0. The number of fused-ring (bicyclic) bond motifs is 3. The van der Waals surface area contributed by atoms with Crippen molar-refractivity contribution in [3.05, 3.63) is 12.2 Å². The molecule has 0 amide bonds. The van der Waals surface area contributed by atoms with Gasteiger partial charge in [0.15, 0.2) is 0 Å². The Bertz CT molecular complexity index is 598. The molecule has 5 fully saturated rings. The SMILES string of the molecule is N#CC[C@H]1C[C@H]2[C@H]3C[C@@H](CC#N)[C@H]4[C@@H]3C3C5[C@H]4C=C[C@@H]5[C@H]1[C@H]32. The Morgan fingerprint density at radius 1 is 0.682 bits per heavy atom. The second-order valence-electron chi connectivity index (χ2n) is 9.05. The van der Waals surface area contributed by atoms with Crippen LogP contribution in [0.4, 0.5) is 0 Å². The molecule has 6 aliphatic rings. The molecule has 0 spiro atoms. The van der Waals surface area contributed by atoms with Crippen LogP contribution in [0.25, 0.3) is 0 Å². The van der Waals surface area contributed by atoms with E-state index in [1.54, 1.807) is 0 Å². The predicted octanol–water partition coefficient (Wildman–Crippen LogP) is 3.63. The van der Waals surface area contributed by atoms with Gasteiger partial charge in [-0.1, -0.05) is 12.2 Å². The molecule has 2 unspecified atom stereocenters. The van der Waals surface area contributed by atoms with Gasteiger partial charge in [-0.25, -0.2) is 0 Å². The van der Waals surface area contributed by atoms with Crippen LogP contribution < -0.4 is 0 Å². The monoisotopic (exact) mass is 290 g/mol. The average Bonchev–Trinajstić information content (AvgIpc) is 3.21. The lowest BCUT2D eigenvalue weighted by Gasteiger charge is -2.27. The van der Waals surface area contributed by atoms with Crippen molar-refractivity contribution in [2.75, 3.05) is 0 Å². The van der Waals surface area contributed by atoms with E-state index in [0.717, 1.165) is 72.0 Å².